The third-order valence-corrected chi connectivity index (χ3v) is 22.4. The highest BCUT2D eigenvalue weighted by Crippen LogP contribution is 2.62. The molecule has 0 bridgehead atoms. The highest BCUT2D eigenvalue weighted by atomic mass is 16.3. The Kier molecular flexibility index (Phi) is 9.99. The molecule has 4 aliphatic carbocycles. The maximum atomic E-state index is 7.02. The van der Waals surface area contributed by atoms with Crippen molar-refractivity contribution in [3.8, 4) is 66.8 Å². The first-order chi connectivity index (χ1) is 44.6. The van der Waals surface area contributed by atoms with Crippen molar-refractivity contribution < 1.29 is 13.3 Å². The minimum absolute atomic E-state index is 0.216. The molecule has 0 N–H and O–H groups in total. The smallest absolute Gasteiger partial charge is 0.143 e. The minimum atomic E-state index is -0.385. The lowest BCUT2D eigenvalue weighted by Crippen LogP contribution is -2.19. The first-order valence-corrected chi connectivity index (χ1v) is 32.5. The number of para-hydroxylation sites is 3. The van der Waals surface area contributed by atoms with Crippen LogP contribution in [0.1, 0.15) is 99.9 Å². The Morgan fingerprint density at radius 3 is 1.27 bits per heavy atom. The number of hydrogen-bond donors (Lipinski definition) is 0. The Morgan fingerprint density at radius 2 is 0.674 bits per heavy atom. The van der Waals surface area contributed by atoms with E-state index in [-0.39, 0.29) is 21.7 Å². The average Bonchev–Trinajstić information content (AvgIpc) is 1.55. The number of fused-ring (bicyclic) bond motifs is 25. The van der Waals surface area contributed by atoms with Crippen molar-refractivity contribution >= 4 is 93.7 Å². The molecule has 438 valence electrons. The molecule has 0 unspecified atom stereocenters. The molecular weight excluding hydrogens is 1120 g/mol. The SMILES string of the molecule is CC1(C)c2cc(N(c3ccc4c(c3)C(C)(C)c3cc(-c5ccccc5)c5oc6ccccc6c5c3-4)c3ccc4c(c3)C(C)(C)c3cc(-c5ccc6ccccc6c5)c5oc6ccccc6c5c3-4)ccc2-c2cc3c(cc21)-c1c(ccc2oc4ccccc4c12)C3(C)C. The molecule has 20 rings (SSSR count). The standard InChI is InChI=1S/C88H63NO3/c1-85(2)65-38-39-76-80(58-24-14-17-27-73(58)90-76)79(65)64-47-69-63(46-70(64)85)55-35-32-52(41-66(55)86(69,3)4)89(53-33-36-56-67(42-53)87(5,6)71-44-61(49-21-10-9-11-22-49)83-81(77(56)71)59-25-15-18-28-74(59)91-83)54-34-37-57-68(43-54)88(7,8)72-45-62(51-31-30-48-20-12-13-23-50(48)40-51)84-82(78(57)72)60-26-16-19-29-75(60)92-84/h9-47H,1-8H3. The normalized spacial score (nSPS) is 15.5. The van der Waals surface area contributed by atoms with Crippen molar-refractivity contribution in [1.29, 1.82) is 0 Å². The fourth-order valence-electron chi connectivity index (χ4n) is 17.7. The van der Waals surface area contributed by atoms with Crippen molar-refractivity contribution in [3.63, 3.8) is 0 Å². The van der Waals surface area contributed by atoms with Gasteiger partial charge in [0.2, 0.25) is 0 Å². The fourth-order valence-corrected chi connectivity index (χ4v) is 17.7. The van der Waals surface area contributed by atoms with Crippen LogP contribution in [0.15, 0.2) is 250 Å². The van der Waals surface area contributed by atoms with Crippen LogP contribution in [0.5, 0.6) is 0 Å². The maximum Gasteiger partial charge on any atom is 0.143 e. The zero-order valence-electron chi connectivity index (χ0n) is 52.7. The van der Waals surface area contributed by atoms with Gasteiger partial charge in [-0.05, 0) is 202 Å². The van der Waals surface area contributed by atoms with Crippen molar-refractivity contribution in [2.24, 2.45) is 0 Å². The lowest BCUT2D eigenvalue weighted by molar-refractivity contribution is 0.650. The summed E-state index contributed by atoms with van der Waals surface area (Å²) in [5, 5.41) is 9.45. The second kappa shape index (κ2) is 17.6. The third-order valence-electron chi connectivity index (χ3n) is 22.4. The van der Waals surface area contributed by atoms with Gasteiger partial charge in [0.05, 0.1) is 0 Å². The summed E-state index contributed by atoms with van der Waals surface area (Å²) in [5.41, 5.74) is 32.9. The van der Waals surface area contributed by atoms with E-state index in [0.717, 1.165) is 83.6 Å². The van der Waals surface area contributed by atoms with Gasteiger partial charge >= 0.3 is 0 Å². The molecule has 0 fully saturated rings. The molecule has 0 spiro atoms. The van der Waals surface area contributed by atoms with E-state index in [1.54, 1.807) is 0 Å². The predicted molar refractivity (Wildman–Crippen MR) is 382 cm³/mol. The Morgan fingerprint density at radius 1 is 0.250 bits per heavy atom. The summed E-state index contributed by atoms with van der Waals surface area (Å²) in [4.78, 5) is 2.56. The van der Waals surface area contributed by atoms with Gasteiger partial charge in [-0.1, -0.05) is 201 Å². The van der Waals surface area contributed by atoms with E-state index in [1.807, 2.05) is 0 Å². The van der Waals surface area contributed by atoms with Gasteiger partial charge in [0.1, 0.15) is 33.5 Å². The molecule has 4 aliphatic rings. The first-order valence-electron chi connectivity index (χ1n) is 32.5. The molecule has 3 aromatic heterocycles. The van der Waals surface area contributed by atoms with Crippen molar-refractivity contribution in [3.05, 3.63) is 281 Å². The average molecular weight is 1180 g/mol. The number of rotatable bonds is 5. The number of nitrogens with zero attached hydrogens (tertiary/aromatic N) is 1. The van der Waals surface area contributed by atoms with Gasteiger partial charge in [-0.2, -0.15) is 0 Å². The quantitative estimate of drug-likeness (QED) is 0.172. The molecule has 0 amide bonds. The van der Waals surface area contributed by atoms with E-state index in [0.29, 0.717) is 0 Å². The summed E-state index contributed by atoms with van der Waals surface area (Å²) >= 11 is 0. The Labute approximate surface area is 533 Å². The molecule has 3 heterocycles. The third kappa shape index (κ3) is 6.66. The number of anilines is 3. The largest absolute Gasteiger partial charge is 0.456 e. The summed E-state index contributed by atoms with van der Waals surface area (Å²) in [6.07, 6.45) is 0. The van der Waals surface area contributed by atoms with Crippen molar-refractivity contribution in [1.82, 2.24) is 0 Å². The van der Waals surface area contributed by atoms with Gasteiger partial charge in [-0.3, -0.25) is 0 Å². The molecule has 0 saturated carbocycles. The van der Waals surface area contributed by atoms with Gasteiger partial charge in [-0.25, -0.2) is 0 Å². The zero-order chi connectivity index (χ0) is 61.6. The summed E-state index contributed by atoms with van der Waals surface area (Å²) in [6, 6.07) is 88.4. The monoisotopic (exact) mass is 1180 g/mol. The maximum absolute atomic E-state index is 7.02. The van der Waals surface area contributed by atoms with E-state index < -0.39 is 0 Å². The first kappa shape index (κ1) is 52.1. The van der Waals surface area contributed by atoms with Crippen LogP contribution >= 0.6 is 0 Å². The minimum Gasteiger partial charge on any atom is -0.456 e. The van der Waals surface area contributed by atoms with Gasteiger partial charge < -0.3 is 18.2 Å². The summed E-state index contributed by atoms with van der Waals surface area (Å²) in [5.74, 6) is 0. The zero-order valence-corrected chi connectivity index (χ0v) is 52.7. The van der Waals surface area contributed by atoms with Crippen LogP contribution in [-0.4, -0.2) is 0 Å². The van der Waals surface area contributed by atoms with Crippen LogP contribution in [0, 0.1) is 0 Å². The summed E-state index contributed by atoms with van der Waals surface area (Å²) in [6.45, 7) is 19.4. The van der Waals surface area contributed by atoms with Crippen LogP contribution in [-0.2, 0) is 21.7 Å². The molecule has 4 heteroatoms. The number of hydrogen-bond acceptors (Lipinski definition) is 4. The van der Waals surface area contributed by atoms with Crippen molar-refractivity contribution in [2.75, 3.05) is 4.90 Å². The van der Waals surface area contributed by atoms with E-state index in [1.165, 1.54) is 121 Å². The van der Waals surface area contributed by atoms with Crippen LogP contribution in [0.4, 0.5) is 17.1 Å². The lowest BCUT2D eigenvalue weighted by atomic mass is 9.79. The van der Waals surface area contributed by atoms with Gasteiger partial charge in [0.15, 0.2) is 0 Å². The molecule has 0 radical (unpaired) electrons. The van der Waals surface area contributed by atoms with Crippen LogP contribution in [0.2, 0.25) is 0 Å². The Hall–Kier alpha value is -10.7. The van der Waals surface area contributed by atoms with E-state index in [9.17, 15) is 0 Å². The molecule has 92 heavy (non-hydrogen) atoms. The second-order valence-corrected chi connectivity index (χ2v) is 28.7. The predicted octanol–water partition coefficient (Wildman–Crippen LogP) is 24.6. The van der Waals surface area contributed by atoms with E-state index in [2.05, 4.69) is 297 Å². The lowest BCUT2D eigenvalue weighted by Gasteiger charge is -2.31. The molecular formula is C88H63NO3. The number of benzene rings is 13. The summed E-state index contributed by atoms with van der Waals surface area (Å²) in [7, 11) is 0. The molecule has 16 aromatic rings. The Bertz CT molecular complexity index is 6010. The van der Waals surface area contributed by atoms with Gasteiger partial charge in [0.25, 0.3) is 0 Å². The van der Waals surface area contributed by atoms with Crippen LogP contribution in [0.3, 0.4) is 0 Å². The van der Waals surface area contributed by atoms with Crippen LogP contribution < -0.4 is 4.90 Å². The van der Waals surface area contributed by atoms with E-state index >= 15 is 0 Å². The van der Waals surface area contributed by atoms with E-state index in [4.69, 9.17) is 13.3 Å². The molecule has 0 aliphatic heterocycles. The second-order valence-electron chi connectivity index (χ2n) is 28.7. The molecule has 0 atom stereocenters. The summed E-state index contributed by atoms with van der Waals surface area (Å²) < 4.78 is 20.5. The molecule has 4 nitrogen and oxygen atoms in total. The van der Waals surface area contributed by atoms with Crippen LogP contribution in [0.25, 0.3) is 143 Å². The Balaban J connectivity index is 0.791. The number of furan rings is 3. The van der Waals surface area contributed by atoms with Gasteiger partial charge in [0, 0.05) is 82.2 Å². The van der Waals surface area contributed by atoms with Crippen molar-refractivity contribution in [2.45, 2.75) is 77.0 Å². The molecule has 13 aromatic carbocycles. The highest BCUT2D eigenvalue weighted by Gasteiger charge is 2.45. The fraction of sp³-hybridized carbons (Fsp3) is 0.136. The van der Waals surface area contributed by atoms with Gasteiger partial charge in [-0.15, -0.1) is 0 Å². The molecule has 0 saturated heterocycles. The highest BCUT2D eigenvalue weighted by molar-refractivity contribution is 6.21. The topological polar surface area (TPSA) is 42.7 Å².